The summed E-state index contributed by atoms with van der Waals surface area (Å²) in [7, 11) is 1.55. The summed E-state index contributed by atoms with van der Waals surface area (Å²) in [5.74, 6) is -0.0570. The first-order chi connectivity index (χ1) is 11.9. The minimum absolute atomic E-state index is 0.0236. The first-order valence-corrected chi connectivity index (χ1v) is 8.56. The number of urea groups is 1. The Morgan fingerprint density at radius 1 is 1.36 bits per heavy atom. The number of hydrogen-bond acceptors (Lipinski definition) is 4. The zero-order valence-electron chi connectivity index (χ0n) is 14.3. The standard InChI is InChI=1S/C18H24N2O5/c1-25-14-4-2-3-13(9-14)19-17(24)20-8-7-15(21)18(11-20,16(22)23)10-12-5-6-12/h2-4,9,12,15,21H,5-8,10-11H2,1H3,(H,19,24)(H,22,23)/t15-,18-/m1/s1. The van der Waals surface area contributed by atoms with Gasteiger partial charge in [0.15, 0.2) is 0 Å². The van der Waals surface area contributed by atoms with Crippen molar-refractivity contribution in [3.63, 3.8) is 0 Å². The maximum Gasteiger partial charge on any atom is 0.321 e. The summed E-state index contributed by atoms with van der Waals surface area (Å²) in [5.41, 5.74) is -0.691. The average Bonchev–Trinajstić information content (AvgIpc) is 3.40. The summed E-state index contributed by atoms with van der Waals surface area (Å²) in [5, 5.41) is 22.9. The van der Waals surface area contributed by atoms with E-state index in [0.717, 1.165) is 12.8 Å². The molecule has 1 aliphatic heterocycles. The summed E-state index contributed by atoms with van der Waals surface area (Å²) >= 11 is 0. The first-order valence-electron chi connectivity index (χ1n) is 8.56. The molecule has 1 aromatic rings. The third-order valence-electron chi connectivity index (χ3n) is 5.17. The van der Waals surface area contributed by atoms with Crippen molar-refractivity contribution in [1.29, 1.82) is 0 Å². The van der Waals surface area contributed by atoms with E-state index < -0.39 is 17.5 Å². The highest BCUT2D eigenvalue weighted by molar-refractivity contribution is 5.90. The van der Waals surface area contributed by atoms with Crippen LogP contribution in [0.25, 0.3) is 0 Å². The lowest BCUT2D eigenvalue weighted by Crippen LogP contribution is -2.58. The van der Waals surface area contributed by atoms with Gasteiger partial charge in [-0.3, -0.25) is 4.79 Å². The van der Waals surface area contributed by atoms with E-state index in [1.54, 1.807) is 31.4 Å². The van der Waals surface area contributed by atoms with Gasteiger partial charge in [-0.1, -0.05) is 18.9 Å². The molecule has 1 saturated carbocycles. The van der Waals surface area contributed by atoms with Crippen LogP contribution < -0.4 is 10.1 Å². The van der Waals surface area contributed by atoms with Crippen molar-refractivity contribution in [3.8, 4) is 5.75 Å². The molecular weight excluding hydrogens is 324 g/mol. The van der Waals surface area contributed by atoms with Crippen LogP contribution >= 0.6 is 0 Å². The topological polar surface area (TPSA) is 99.1 Å². The molecule has 3 rings (SSSR count). The minimum Gasteiger partial charge on any atom is -0.497 e. The fraction of sp³-hybridized carbons (Fsp3) is 0.556. The summed E-state index contributed by atoms with van der Waals surface area (Å²) in [6.45, 7) is 0.354. The highest BCUT2D eigenvalue weighted by Crippen LogP contribution is 2.45. The lowest BCUT2D eigenvalue weighted by molar-refractivity contribution is -0.163. The number of likely N-dealkylation sites (tertiary alicyclic amines) is 1. The van der Waals surface area contributed by atoms with E-state index >= 15 is 0 Å². The van der Waals surface area contributed by atoms with Crippen molar-refractivity contribution < 1.29 is 24.5 Å². The SMILES string of the molecule is COc1cccc(NC(=O)N2CC[C@@H](O)[C@](CC3CC3)(C(=O)O)C2)c1. The third kappa shape index (κ3) is 3.71. The van der Waals surface area contributed by atoms with Crippen LogP contribution in [0.4, 0.5) is 10.5 Å². The number of carbonyl (C=O) groups is 2. The van der Waals surface area contributed by atoms with Gasteiger partial charge < -0.3 is 25.2 Å². The number of ether oxygens (including phenoxy) is 1. The molecular formula is C18H24N2O5. The second kappa shape index (κ2) is 6.92. The van der Waals surface area contributed by atoms with Crippen molar-refractivity contribution in [3.05, 3.63) is 24.3 Å². The molecule has 1 saturated heterocycles. The molecule has 136 valence electrons. The number of methoxy groups -OCH3 is 1. The van der Waals surface area contributed by atoms with Crippen molar-refractivity contribution >= 4 is 17.7 Å². The minimum atomic E-state index is -1.27. The lowest BCUT2D eigenvalue weighted by atomic mass is 9.73. The van der Waals surface area contributed by atoms with E-state index in [1.165, 1.54) is 4.90 Å². The number of carboxylic acid groups (broad SMARTS) is 1. The largest absolute Gasteiger partial charge is 0.497 e. The van der Waals surface area contributed by atoms with Gasteiger partial charge in [-0.2, -0.15) is 0 Å². The molecule has 0 unspecified atom stereocenters. The smallest absolute Gasteiger partial charge is 0.321 e. The van der Waals surface area contributed by atoms with Crippen LogP contribution in [0.5, 0.6) is 5.75 Å². The molecule has 2 fully saturated rings. The van der Waals surface area contributed by atoms with Gasteiger partial charge in [0.2, 0.25) is 0 Å². The number of aliphatic carboxylic acids is 1. The Morgan fingerprint density at radius 2 is 2.12 bits per heavy atom. The van der Waals surface area contributed by atoms with Crippen molar-refractivity contribution in [1.82, 2.24) is 4.90 Å². The van der Waals surface area contributed by atoms with Crippen LogP contribution in [0.1, 0.15) is 25.7 Å². The predicted octanol–water partition coefficient (Wildman–Crippen LogP) is 2.16. The highest BCUT2D eigenvalue weighted by atomic mass is 16.5. The molecule has 2 atom stereocenters. The van der Waals surface area contributed by atoms with E-state index in [0.29, 0.717) is 30.3 Å². The molecule has 0 bridgehead atoms. The fourth-order valence-corrected chi connectivity index (χ4v) is 3.49. The molecule has 2 aliphatic rings. The molecule has 7 heteroatoms. The molecule has 0 spiro atoms. The number of anilines is 1. The molecule has 3 N–H and O–H groups in total. The van der Waals surface area contributed by atoms with Gasteiger partial charge >= 0.3 is 12.0 Å². The molecule has 2 amide bonds. The molecule has 25 heavy (non-hydrogen) atoms. The van der Waals surface area contributed by atoms with Crippen molar-refractivity contribution in [2.75, 3.05) is 25.5 Å². The Balaban J connectivity index is 1.72. The summed E-state index contributed by atoms with van der Waals surface area (Å²) in [6, 6.07) is 6.63. The van der Waals surface area contributed by atoms with Crippen LogP contribution in [-0.4, -0.2) is 53.4 Å². The Morgan fingerprint density at radius 3 is 2.76 bits per heavy atom. The third-order valence-corrected chi connectivity index (χ3v) is 5.17. The second-order valence-corrected chi connectivity index (χ2v) is 7.00. The summed E-state index contributed by atoms with van der Waals surface area (Å²) < 4.78 is 5.14. The molecule has 1 heterocycles. The molecule has 7 nitrogen and oxygen atoms in total. The molecule has 0 aromatic heterocycles. The van der Waals surface area contributed by atoms with Crippen LogP contribution in [0.15, 0.2) is 24.3 Å². The summed E-state index contributed by atoms with van der Waals surface area (Å²) in [6.07, 6.45) is 1.76. The number of aliphatic hydroxyl groups excluding tert-OH is 1. The Hall–Kier alpha value is -2.28. The maximum absolute atomic E-state index is 12.6. The maximum atomic E-state index is 12.6. The van der Waals surface area contributed by atoms with E-state index in [1.807, 2.05) is 0 Å². The van der Waals surface area contributed by atoms with E-state index in [4.69, 9.17) is 4.74 Å². The lowest BCUT2D eigenvalue weighted by Gasteiger charge is -2.43. The highest BCUT2D eigenvalue weighted by Gasteiger charge is 2.52. The monoisotopic (exact) mass is 348 g/mol. The average molecular weight is 348 g/mol. The summed E-state index contributed by atoms with van der Waals surface area (Å²) in [4.78, 5) is 26.0. The van der Waals surface area contributed by atoms with Gasteiger partial charge in [-0.25, -0.2) is 4.79 Å². The fourth-order valence-electron chi connectivity index (χ4n) is 3.49. The Labute approximate surface area is 146 Å². The second-order valence-electron chi connectivity index (χ2n) is 7.00. The van der Waals surface area contributed by atoms with Crippen molar-refractivity contribution in [2.24, 2.45) is 11.3 Å². The number of nitrogens with one attached hydrogen (secondary N) is 1. The van der Waals surface area contributed by atoms with E-state index in [-0.39, 0.29) is 19.0 Å². The molecule has 1 aliphatic carbocycles. The number of nitrogens with zero attached hydrogens (tertiary/aromatic N) is 1. The van der Waals surface area contributed by atoms with Gasteiger partial charge in [0.1, 0.15) is 11.2 Å². The van der Waals surface area contributed by atoms with E-state index in [2.05, 4.69) is 5.32 Å². The molecule has 1 aromatic carbocycles. The van der Waals surface area contributed by atoms with Crippen LogP contribution in [0, 0.1) is 11.3 Å². The van der Waals surface area contributed by atoms with Gasteiger partial charge in [-0.05, 0) is 30.9 Å². The Bertz CT molecular complexity index is 661. The number of carboxylic acids is 1. The number of benzene rings is 1. The zero-order valence-corrected chi connectivity index (χ0v) is 14.3. The molecule has 0 radical (unpaired) electrons. The van der Waals surface area contributed by atoms with Gasteiger partial charge in [-0.15, -0.1) is 0 Å². The van der Waals surface area contributed by atoms with Crippen molar-refractivity contribution in [2.45, 2.75) is 31.8 Å². The zero-order chi connectivity index (χ0) is 18.0. The predicted molar refractivity (Wildman–Crippen MR) is 91.6 cm³/mol. The normalized spacial score (nSPS) is 26.2. The number of amides is 2. The van der Waals surface area contributed by atoms with E-state index in [9.17, 15) is 19.8 Å². The van der Waals surface area contributed by atoms with Crippen LogP contribution in [0.3, 0.4) is 0 Å². The van der Waals surface area contributed by atoms with Gasteiger partial charge in [0.25, 0.3) is 0 Å². The number of carbonyl (C=O) groups excluding carboxylic acids is 1. The number of piperidine rings is 1. The van der Waals surface area contributed by atoms with Gasteiger partial charge in [0.05, 0.1) is 13.2 Å². The number of aliphatic hydroxyl groups is 1. The quantitative estimate of drug-likeness (QED) is 0.757. The number of hydrogen-bond donors (Lipinski definition) is 3. The Kier molecular flexibility index (Phi) is 4.85. The number of rotatable bonds is 5. The van der Waals surface area contributed by atoms with Crippen LogP contribution in [-0.2, 0) is 4.79 Å². The first kappa shape index (κ1) is 17.5. The van der Waals surface area contributed by atoms with Crippen LogP contribution in [0.2, 0.25) is 0 Å². The van der Waals surface area contributed by atoms with Gasteiger partial charge in [0, 0.05) is 24.8 Å².